The zero-order valence-electron chi connectivity index (χ0n) is 40.1. The third-order valence-electron chi connectivity index (χ3n) is 14.2. The minimum atomic E-state index is -5.91. The van der Waals surface area contributed by atoms with E-state index >= 15 is 0 Å². The number of hydrogen-bond donors (Lipinski definition) is 9. The highest BCUT2D eigenvalue weighted by Gasteiger charge is 2.50. The average Bonchev–Trinajstić information content (AvgIpc) is 4.00. The number of carbonyl (C=O) groups excluding carboxylic acids is 2. The number of nitrogens with two attached hydrogens (primary N) is 1. The zero-order chi connectivity index (χ0) is 53.4. The van der Waals surface area contributed by atoms with Crippen molar-refractivity contribution in [3.63, 3.8) is 0 Å². The second-order valence-electron chi connectivity index (χ2n) is 19.0. The van der Waals surface area contributed by atoms with Crippen molar-refractivity contribution in [1.29, 1.82) is 0 Å². The average molecular weight is 1110 g/mol. The number of alkyl carbamates (subject to hydrolysis) is 1. The Hall–Kier alpha value is -6.18. The molecule has 0 bridgehead atoms. The topological polar surface area (TPSA) is 379 Å². The number of nitrogen functional groups attached to an aromatic ring is 1. The van der Waals surface area contributed by atoms with Crippen molar-refractivity contribution in [3.8, 4) is 11.5 Å². The standard InChI is InChI=1S/C46H50N9O18P3/c47-41-34-42(51-21-50-41)55(22-52-34)44-37(56)40(32(69-44)20-68-75(64,65)73-76(66,67)72-74(61,62)63)71-46(60)49-12-11-48-43(57)25-9-10-26(45(58)59)29(19-25)33-30-17-23-5-1-13-53-15-3-7-27(35(23)53)38(30)70-39-28-8-4-16-54-14-2-6-24(36(28)54)18-31(33)39/h9-10,17-19,21-22,32,37,40,44,56H,1-8,11-16,20H2,(H8-,47,48,49,50,51,57,58,59,60,61,62,63,64,65,66,67)/p+1/t32-,37-,40-,44-/m1/s1. The Morgan fingerprint density at radius 1 is 0.842 bits per heavy atom. The predicted octanol–water partition coefficient (Wildman–Crippen LogP) is 1.67. The lowest BCUT2D eigenvalue weighted by Gasteiger charge is -2.39. The molecule has 1 fully saturated rings. The summed E-state index contributed by atoms with van der Waals surface area (Å²) in [5.41, 5.74) is 13.7. The largest absolute Gasteiger partial charge is 0.490 e. The fraction of sp³-hybridized carbons (Fsp3) is 0.413. The number of hydrogen-bond acceptors (Lipinski definition) is 18. The molecule has 1 saturated heterocycles. The first kappa shape index (κ1) is 51.9. The molecule has 2 aromatic heterocycles. The van der Waals surface area contributed by atoms with Crippen LogP contribution >= 0.6 is 23.5 Å². The van der Waals surface area contributed by atoms with Gasteiger partial charge >= 0.3 is 35.5 Å². The van der Waals surface area contributed by atoms with E-state index in [4.69, 9.17) is 34.3 Å². The second kappa shape index (κ2) is 20.0. The summed E-state index contributed by atoms with van der Waals surface area (Å²) in [4.78, 5) is 92.7. The number of phosphoric acid groups is 3. The monoisotopic (exact) mass is 1110 g/mol. The number of aliphatic hydroxyl groups excluding tert-OH is 1. The van der Waals surface area contributed by atoms with E-state index in [-0.39, 0.29) is 41.2 Å². The summed E-state index contributed by atoms with van der Waals surface area (Å²) in [6.45, 7) is 2.20. The molecule has 6 aliphatic rings. The highest BCUT2D eigenvalue weighted by atomic mass is 31.3. The van der Waals surface area contributed by atoms with E-state index in [1.165, 1.54) is 38.9 Å². The predicted molar refractivity (Wildman–Crippen MR) is 264 cm³/mol. The number of carboxylic acid groups (broad SMARTS) is 1. The number of carboxylic acids is 1. The number of phosphoric ester groups is 1. The number of nitrogens with one attached hydrogen (secondary N) is 2. The molecule has 27 nitrogen and oxygen atoms in total. The maximum Gasteiger partial charge on any atom is 0.490 e. The molecule has 5 aromatic rings. The van der Waals surface area contributed by atoms with Crippen LogP contribution in [0.15, 0.2) is 43.0 Å². The molecule has 11 rings (SSSR count). The summed E-state index contributed by atoms with van der Waals surface area (Å²) in [6.07, 6.45) is 1.47. The van der Waals surface area contributed by atoms with Gasteiger partial charge in [-0.2, -0.15) is 8.62 Å². The van der Waals surface area contributed by atoms with Crippen LogP contribution in [0.1, 0.15) is 86.0 Å². The zero-order valence-corrected chi connectivity index (χ0v) is 42.8. The number of carbonyl (C=O) groups is 3. The number of anilines is 2. The Morgan fingerprint density at radius 2 is 1.58 bits per heavy atom. The molecule has 0 spiro atoms. The van der Waals surface area contributed by atoms with E-state index in [9.17, 15) is 48.1 Å². The van der Waals surface area contributed by atoms with Crippen LogP contribution in [0.3, 0.4) is 0 Å². The van der Waals surface area contributed by atoms with Crippen LogP contribution in [0.5, 0.6) is 11.5 Å². The van der Waals surface area contributed by atoms with Gasteiger partial charge in [-0.3, -0.25) is 13.9 Å². The van der Waals surface area contributed by atoms with Crippen LogP contribution in [0.4, 0.5) is 16.3 Å². The quantitative estimate of drug-likeness (QED) is 0.0401. The molecule has 0 aliphatic carbocycles. The first-order chi connectivity index (χ1) is 36.2. The highest BCUT2D eigenvalue weighted by Crippen LogP contribution is 2.66. The summed E-state index contributed by atoms with van der Waals surface area (Å²) in [5.74, 6) is -0.382. The Morgan fingerprint density at radius 3 is 2.36 bits per heavy atom. The third-order valence-corrected chi connectivity index (χ3v) is 18.0. The highest BCUT2D eigenvalue weighted by molar-refractivity contribution is 7.66. The van der Waals surface area contributed by atoms with Gasteiger partial charge < -0.3 is 65.3 Å². The van der Waals surface area contributed by atoms with Crippen molar-refractivity contribution in [2.75, 3.05) is 56.5 Å². The van der Waals surface area contributed by atoms with Gasteiger partial charge in [0.05, 0.1) is 24.1 Å². The number of aliphatic hydroxyl groups is 1. The number of amides is 2. The van der Waals surface area contributed by atoms with Crippen molar-refractivity contribution in [3.05, 3.63) is 98.1 Å². The summed E-state index contributed by atoms with van der Waals surface area (Å²) < 4.78 is 70.1. The van der Waals surface area contributed by atoms with Gasteiger partial charge in [-0.15, -0.1) is 0 Å². The van der Waals surface area contributed by atoms with Gasteiger partial charge in [0.15, 0.2) is 23.8 Å². The van der Waals surface area contributed by atoms with E-state index in [2.05, 4.69) is 55.8 Å². The van der Waals surface area contributed by atoms with Crippen molar-refractivity contribution in [1.82, 2.24) is 34.7 Å². The fourth-order valence-corrected chi connectivity index (χ4v) is 14.3. The molecule has 8 heterocycles. The van der Waals surface area contributed by atoms with E-state index < -0.39 is 72.6 Å². The molecule has 76 heavy (non-hydrogen) atoms. The van der Waals surface area contributed by atoms with Crippen LogP contribution in [-0.4, -0.2) is 131 Å². The SMILES string of the molecule is Nc1ncnc2c1ncn2[C@@H]1O[C@H](COP(=O)(O)OP(=O)(O)OP(=O)(O)O)[C@@H](OC(=O)NCCNC(=O)c2ccc(C(=O)O)c(C3=c4cc5c6c(c4Oc4c3cc3c7c4CCCN7CCC3)CCC[N+]=6CCC5)c2)[C@H]1O. The molecule has 0 saturated carbocycles. The van der Waals surface area contributed by atoms with Crippen LogP contribution in [0, 0.1) is 0 Å². The number of aromatic carboxylic acids is 1. The third kappa shape index (κ3) is 9.91. The van der Waals surface area contributed by atoms with E-state index in [1.54, 1.807) is 6.07 Å². The Bertz CT molecular complexity index is 3550. The molecular weight excluding hydrogens is 1060 g/mol. The van der Waals surface area contributed by atoms with Crippen molar-refractivity contribution in [2.24, 2.45) is 0 Å². The minimum Gasteiger partial charge on any atom is -0.478 e. The molecular formula is C46H51N9O18P3+. The summed E-state index contributed by atoms with van der Waals surface area (Å²) in [6, 6.07) is 8.69. The number of ether oxygens (including phenoxy) is 3. The van der Waals surface area contributed by atoms with E-state index in [0.29, 0.717) is 22.6 Å². The van der Waals surface area contributed by atoms with Gasteiger partial charge in [0, 0.05) is 77.8 Å². The second-order valence-corrected chi connectivity index (χ2v) is 23.4. The lowest BCUT2D eigenvalue weighted by molar-refractivity contribution is -0.0508. The lowest BCUT2D eigenvalue weighted by Crippen LogP contribution is -2.45. The van der Waals surface area contributed by atoms with Gasteiger partial charge in [-0.05, 0) is 80.0 Å². The minimum absolute atomic E-state index is 0.00460. The maximum atomic E-state index is 14.0. The number of benzene rings is 3. The summed E-state index contributed by atoms with van der Waals surface area (Å²) in [7, 11) is -17.3. The Labute approximate surface area is 430 Å². The number of nitrogens with zero attached hydrogens (tertiary/aromatic N) is 6. The maximum absolute atomic E-state index is 14.0. The molecule has 10 N–H and O–H groups in total. The van der Waals surface area contributed by atoms with Crippen molar-refractivity contribution >= 4 is 69.7 Å². The van der Waals surface area contributed by atoms with E-state index in [1.807, 2.05) is 0 Å². The number of rotatable bonds is 15. The first-order valence-corrected chi connectivity index (χ1v) is 28.8. The van der Waals surface area contributed by atoms with E-state index in [0.717, 1.165) is 112 Å². The molecule has 30 heteroatoms. The van der Waals surface area contributed by atoms with Gasteiger partial charge in [0.25, 0.3) is 5.91 Å². The fourth-order valence-electron chi connectivity index (χ4n) is 11.2. The Balaban J connectivity index is 0.840. The summed E-state index contributed by atoms with van der Waals surface area (Å²) in [5, 5.41) is 29.4. The number of aromatic nitrogens is 4. The van der Waals surface area contributed by atoms with Crippen LogP contribution in [-0.2, 0) is 62.0 Å². The summed E-state index contributed by atoms with van der Waals surface area (Å²) >= 11 is 0. The van der Waals surface area contributed by atoms with Crippen LogP contribution in [0.2, 0.25) is 0 Å². The van der Waals surface area contributed by atoms with Crippen molar-refractivity contribution in [2.45, 2.75) is 75.9 Å². The van der Waals surface area contributed by atoms with Crippen LogP contribution in [0.25, 0.3) is 16.7 Å². The molecule has 3 aromatic carbocycles. The normalized spacial score (nSPS) is 22.0. The number of imidazole rings is 1. The number of fused-ring (bicyclic) bond motifs is 5. The van der Waals surface area contributed by atoms with Crippen molar-refractivity contribution < 1.29 is 85.2 Å². The van der Waals surface area contributed by atoms with Gasteiger partial charge in [-0.1, -0.05) is 0 Å². The van der Waals surface area contributed by atoms with Gasteiger partial charge in [-0.25, -0.2) is 42.8 Å². The van der Waals surface area contributed by atoms with Gasteiger partial charge in [0.1, 0.15) is 48.6 Å². The first-order valence-electron chi connectivity index (χ1n) is 24.3. The van der Waals surface area contributed by atoms with Gasteiger partial charge in [0.2, 0.25) is 5.36 Å². The molecule has 402 valence electrons. The number of aryl methyl sites for hydroxylation is 2. The molecule has 6 aliphatic heterocycles. The smallest absolute Gasteiger partial charge is 0.478 e. The van der Waals surface area contributed by atoms with Crippen LogP contribution < -0.4 is 41.2 Å². The lowest BCUT2D eigenvalue weighted by atomic mass is 9.81. The Kier molecular flexibility index (Phi) is 13.7. The molecule has 6 atom stereocenters. The molecule has 2 unspecified atom stereocenters. The molecule has 0 radical (unpaired) electrons. The molecule has 2 amide bonds.